The molecule has 0 aliphatic heterocycles. The van der Waals surface area contributed by atoms with Crippen molar-refractivity contribution in [3.8, 4) is 5.75 Å². The van der Waals surface area contributed by atoms with Gasteiger partial charge in [-0.05, 0) is 54.2 Å². The summed E-state index contributed by atoms with van der Waals surface area (Å²) in [5.41, 5.74) is 1.94. The molecule has 1 atom stereocenters. The molecule has 2 aromatic carbocycles. The summed E-state index contributed by atoms with van der Waals surface area (Å²) in [5, 5.41) is 2.79. The van der Waals surface area contributed by atoms with Crippen LogP contribution in [0, 0.1) is 5.82 Å². The molecule has 2 amide bonds. The van der Waals surface area contributed by atoms with Crippen LogP contribution in [0.5, 0.6) is 5.75 Å². The second-order valence-corrected chi connectivity index (χ2v) is 8.53. The molecule has 0 bridgehead atoms. The van der Waals surface area contributed by atoms with Crippen LogP contribution < -0.4 is 10.1 Å². The topological polar surface area (TPSA) is 58.6 Å². The Kier molecular flexibility index (Phi) is 8.60. The van der Waals surface area contributed by atoms with Crippen LogP contribution in [0.3, 0.4) is 0 Å². The molecule has 0 aliphatic rings. The van der Waals surface area contributed by atoms with Gasteiger partial charge in [-0.2, -0.15) is 0 Å². The number of halogens is 1. The van der Waals surface area contributed by atoms with Crippen LogP contribution in [0.1, 0.15) is 52.2 Å². The van der Waals surface area contributed by atoms with Crippen molar-refractivity contribution in [2.24, 2.45) is 0 Å². The number of carbonyl (C=O) groups excluding carboxylic acids is 2. The molecule has 2 aromatic rings. The van der Waals surface area contributed by atoms with E-state index in [2.05, 4.69) is 26.1 Å². The molecule has 5 nitrogen and oxygen atoms in total. The summed E-state index contributed by atoms with van der Waals surface area (Å²) < 4.78 is 19.0. The molecular formula is C25H33FN2O3. The minimum atomic E-state index is -0.635. The summed E-state index contributed by atoms with van der Waals surface area (Å²) in [6, 6.07) is 13.0. The minimum Gasteiger partial charge on any atom is -0.484 e. The Morgan fingerprint density at radius 1 is 1.03 bits per heavy atom. The predicted octanol–water partition coefficient (Wildman–Crippen LogP) is 4.45. The molecule has 2 rings (SSSR count). The summed E-state index contributed by atoms with van der Waals surface area (Å²) >= 11 is 0. The second-order valence-electron chi connectivity index (χ2n) is 8.53. The van der Waals surface area contributed by atoms with E-state index in [-0.39, 0.29) is 36.2 Å². The first kappa shape index (κ1) is 24.4. The third-order valence-corrected chi connectivity index (χ3v) is 5.09. The third kappa shape index (κ3) is 7.09. The lowest BCUT2D eigenvalue weighted by Gasteiger charge is -2.30. The molecule has 0 aliphatic carbocycles. The number of carbonyl (C=O) groups is 2. The van der Waals surface area contributed by atoms with Crippen molar-refractivity contribution in [1.82, 2.24) is 10.2 Å². The van der Waals surface area contributed by atoms with Gasteiger partial charge in [0.1, 0.15) is 17.6 Å². The second kappa shape index (κ2) is 10.9. The van der Waals surface area contributed by atoms with Gasteiger partial charge in [0.2, 0.25) is 5.91 Å². The quantitative estimate of drug-likeness (QED) is 0.642. The number of ether oxygens (including phenoxy) is 1. The van der Waals surface area contributed by atoms with E-state index in [1.54, 1.807) is 12.1 Å². The molecule has 0 fully saturated rings. The fourth-order valence-corrected chi connectivity index (χ4v) is 3.28. The van der Waals surface area contributed by atoms with Gasteiger partial charge in [0.05, 0.1) is 0 Å². The van der Waals surface area contributed by atoms with Gasteiger partial charge >= 0.3 is 0 Å². The maximum atomic E-state index is 13.3. The van der Waals surface area contributed by atoms with Crippen molar-refractivity contribution in [2.45, 2.75) is 59.0 Å². The number of hydrogen-bond donors (Lipinski definition) is 1. The summed E-state index contributed by atoms with van der Waals surface area (Å²) in [4.78, 5) is 27.1. The summed E-state index contributed by atoms with van der Waals surface area (Å²) in [6.45, 7) is 10.6. The number of benzene rings is 2. The van der Waals surface area contributed by atoms with E-state index in [1.807, 2.05) is 38.1 Å². The molecule has 1 unspecified atom stereocenters. The van der Waals surface area contributed by atoms with Crippen molar-refractivity contribution in [3.05, 3.63) is 65.5 Å². The summed E-state index contributed by atoms with van der Waals surface area (Å²) in [6.07, 6.45) is 0.457. The molecule has 0 radical (unpaired) electrons. The van der Waals surface area contributed by atoms with Gasteiger partial charge in [-0.3, -0.25) is 9.59 Å². The van der Waals surface area contributed by atoms with E-state index in [4.69, 9.17) is 4.74 Å². The highest BCUT2D eigenvalue weighted by Crippen LogP contribution is 2.24. The van der Waals surface area contributed by atoms with Crippen LogP contribution in [0.4, 0.5) is 4.39 Å². The Morgan fingerprint density at radius 2 is 1.65 bits per heavy atom. The van der Waals surface area contributed by atoms with Crippen LogP contribution >= 0.6 is 0 Å². The fraction of sp³-hybridized carbons (Fsp3) is 0.440. The molecule has 31 heavy (non-hydrogen) atoms. The van der Waals surface area contributed by atoms with Crippen LogP contribution in [-0.4, -0.2) is 35.9 Å². The molecule has 0 heterocycles. The maximum absolute atomic E-state index is 13.3. The van der Waals surface area contributed by atoms with Crippen molar-refractivity contribution in [2.75, 3.05) is 13.2 Å². The van der Waals surface area contributed by atoms with Gasteiger partial charge in [0.25, 0.3) is 5.91 Å². The zero-order valence-corrected chi connectivity index (χ0v) is 19.1. The number of nitrogens with zero attached hydrogens (tertiary/aromatic N) is 1. The molecule has 1 N–H and O–H groups in total. The van der Waals surface area contributed by atoms with Gasteiger partial charge in [0.15, 0.2) is 6.61 Å². The zero-order valence-electron chi connectivity index (χ0n) is 19.1. The normalized spacial score (nSPS) is 12.2. The first-order valence-electron chi connectivity index (χ1n) is 10.7. The Balaban J connectivity index is 2.16. The first-order valence-corrected chi connectivity index (χ1v) is 10.7. The Morgan fingerprint density at radius 3 is 2.16 bits per heavy atom. The standard InChI is InChI=1S/C25H33FN2O3/c1-6-22(24(30)27-7-2)28(16-18-8-12-20(26)13-9-18)23(29)17-31-21-14-10-19(11-15-21)25(3,4)5/h8-15,22H,6-7,16-17H2,1-5H3,(H,27,30). The molecule has 0 aromatic heterocycles. The van der Waals surface area contributed by atoms with E-state index in [1.165, 1.54) is 22.6 Å². The minimum absolute atomic E-state index is 0.0291. The fourth-order valence-electron chi connectivity index (χ4n) is 3.28. The zero-order chi connectivity index (χ0) is 23.0. The molecule has 0 saturated heterocycles. The lowest BCUT2D eigenvalue weighted by atomic mass is 9.87. The van der Waals surface area contributed by atoms with Crippen LogP contribution in [0.25, 0.3) is 0 Å². The lowest BCUT2D eigenvalue weighted by molar-refractivity contribution is -0.142. The smallest absolute Gasteiger partial charge is 0.261 e. The third-order valence-electron chi connectivity index (χ3n) is 5.09. The van der Waals surface area contributed by atoms with Gasteiger partial charge in [-0.15, -0.1) is 0 Å². The van der Waals surface area contributed by atoms with Gasteiger partial charge in [-0.25, -0.2) is 4.39 Å². The van der Waals surface area contributed by atoms with Crippen molar-refractivity contribution >= 4 is 11.8 Å². The van der Waals surface area contributed by atoms with Crippen molar-refractivity contribution in [1.29, 1.82) is 0 Å². The summed E-state index contributed by atoms with van der Waals surface area (Å²) in [7, 11) is 0. The SMILES string of the molecule is CCNC(=O)C(CC)N(Cc1ccc(F)cc1)C(=O)COc1ccc(C(C)(C)C)cc1. The number of nitrogens with one attached hydrogen (secondary N) is 1. The monoisotopic (exact) mass is 428 g/mol. The van der Waals surface area contributed by atoms with Gasteiger partial charge < -0.3 is 15.0 Å². The largest absolute Gasteiger partial charge is 0.484 e. The van der Waals surface area contributed by atoms with E-state index in [0.29, 0.717) is 18.7 Å². The maximum Gasteiger partial charge on any atom is 0.261 e. The van der Waals surface area contributed by atoms with Crippen LogP contribution in [0.2, 0.25) is 0 Å². The summed E-state index contributed by atoms with van der Waals surface area (Å²) in [5.74, 6) is -0.272. The molecule has 6 heteroatoms. The van der Waals surface area contributed by atoms with Gasteiger partial charge in [0, 0.05) is 13.1 Å². The van der Waals surface area contributed by atoms with Gasteiger partial charge in [-0.1, -0.05) is 52.0 Å². The Bertz CT molecular complexity index is 858. The number of hydrogen-bond acceptors (Lipinski definition) is 3. The highest BCUT2D eigenvalue weighted by Gasteiger charge is 2.28. The predicted molar refractivity (Wildman–Crippen MR) is 120 cm³/mol. The Hall–Kier alpha value is -2.89. The van der Waals surface area contributed by atoms with Crippen LogP contribution in [0.15, 0.2) is 48.5 Å². The van der Waals surface area contributed by atoms with E-state index in [9.17, 15) is 14.0 Å². The average Bonchev–Trinajstić information content (AvgIpc) is 2.73. The molecule has 0 spiro atoms. The lowest BCUT2D eigenvalue weighted by Crippen LogP contribution is -2.50. The van der Waals surface area contributed by atoms with E-state index < -0.39 is 6.04 Å². The van der Waals surface area contributed by atoms with Crippen molar-refractivity contribution in [3.63, 3.8) is 0 Å². The number of amides is 2. The average molecular weight is 429 g/mol. The molecular weight excluding hydrogens is 395 g/mol. The Labute approximate surface area is 184 Å². The first-order chi connectivity index (χ1) is 14.7. The molecule has 0 saturated carbocycles. The highest BCUT2D eigenvalue weighted by atomic mass is 19.1. The van der Waals surface area contributed by atoms with E-state index >= 15 is 0 Å². The van der Waals surface area contributed by atoms with Crippen LogP contribution in [-0.2, 0) is 21.5 Å². The van der Waals surface area contributed by atoms with Crippen molar-refractivity contribution < 1.29 is 18.7 Å². The number of likely N-dealkylation sites (N-methyl/N-ethyl adjacent to an activating group) is 1. The number of rotatable bonds is 9. The van der Waals surface area contributed by atoms with E-state index in [0.717, 1.165) is 5.56 Å². The molecule has 168 valence electrons. The highest BCUT2D eigenvalue weighted by molar-refractivity contribution is 5.88.